The van der Waals surface area contributed by atoms with Crippen molar-refractivity contribution in [1.82, 2.24) is 19.8 Å². The van der Waals surface area contributed by atoms with Crippen LogP contribution in [0.1, 0.15) is 73.7 Å². The molecule has 0 radical (unpaired) electrons. The van der Waals surface area contributed by atoms with E-state index in [2.05, 4.69) is 29.0 Å². The highest BCUT2D eigenvalue weighted by atomic mass is 16.2. The van der Waals surface area contributed by atoms with Gasteiger partial charge in [-0.3, -0.25) is 9.59 Å². The van der Waals surface area contributed by atoms with Gasteiger partial charge in [-0.2, -0.15) is 0 Å². The van der Waals surface area contributed by atoms with Crippen molar-refractivity contribution >= 4 is 17.8 Å². The third-order valence-corrected chi connectivity index (χ3v) is 6.86. The lowest BCUT2D eigenvalue weighted by Gasteiger charge is -2.45. The fraction of sp³-hybridized carbons (Fsp3) is 0.500. The molecule has 2 aliphatic rings. The molecule has 164 valence electrons. The Morgan fingerprint density at radius 2 is 1.87 bits per heavy atom. The van der Waals surface area contributed by atoms with Crippen LogP contribution < -0.4 is 5.73 Å². The van der Waals surface area contributed by atoms with Crippen molar-refractivity contribution in [1.29, 1.82) is 0 Å². The van der Waals surface area contributed by atoms with Gasteiger partial charge in [0.05, 0.1) is 17.6 Å². The molecule has 3 heterocycles. The van der Waals surface area contributed by atoms with Crippen LogP contribution in [-0.4, -0.2) is 49.7 Å². The zero-order chi connectivity index (χ0) is 22.2. The highest BCUT2D eigenvalue weighted by molar-refractivity contribution is 5.93. The van der Waals surface area contributed by atoms with E-state index in [9.17, 15) is 9.59 Å². The van der Waals surface area contributed by atoms with Crippen molar-refractivity contribution in [3.05, 3.63) is 53.3 Å². The van der Waals surface area contributed by atoms with E-state index in [0.29, 0.717) is 24.4 Å². The maximum Gasteiger partial charge on any atom is 0.273 e. The van der Waals surface area contributed by atoms with Gasteiger partial charge in [0.1, 0.15) is 5.69 Å². The molecular weight excluding hydrogens is 390 g/mol. The van der Waals surface area contributed by atoms with Crippen molar-refractivity contribution in [2.24, 2.45) is 0 Å². The molecule has 3 atom stereocenters. The van der Waals surface area contributed by atoms with E-state index in [4.69, 9.17) is 5.73 Å². The molecule has 7 heteroatoms. The van der Waals surface area contributed by atoms with E-state index in [1.807, 2.05) is 34.9 Å². The number of anilines is 1. The summed E-state index contributed by atoms with van der Waals surface area (Å²) >= 11 is 0. The normalized spacial score (nSPS) is 26.2. The molecule has 0 unspecified atom stereocenters. The average Bonchev–Trinajstić information content (AvgIpc) is 3.01. The van der Waals surface area contributed by atoms with Crippen LogP contribution in [0.5, 0.6) is 0 Å². The standard InChI is InChI=1S/C24H31N5O2/c1-16-14-19(27-23(25)26-16)22(31)28-13-9-5-8-12-21-24(28,3)15-20(29(21)17(2)30)18-10-6-4-7-11-18/h4,6-7,10-11,14,20-21H,5,8-9,12-13,15H2,1-3H3,(H2,25,26,27)/t20-,21-,24-/m0/s1. The summed E-state index contributed by atoms with van der Waals surface area (Å²) in [6.07, 6.45) is 4.60. The van der Waals surface area contributed by atoms with E-state index in [1.165, 1.54) is 0 Å². The van der Waals surface area contributed by atoms with E-state index in [0.717, 1.165) is 31.2 Å². The van der Waals surface area contributed by atoms with Crippen molar-refractivity contribution in [3.63, 3.8) is 0 Å². The Balaban J connectivity index is 1.78. The van der Waals surface area contributed by atoms with E-state index in [1.54, 1.807) is 13.0 Å². The Bertz CT molecular complexity index is 959. The molecule has 0 saturated carbocycles. The molecule has 4 rings (SSSR count). The predicted molar refractivity (Wildman–Crippen MR) is 119 cm³/mol. The molecule has 0 spiro atoms. The zero-order valence-corrected chi connectivity index (χ0v) is 18.5. The number of amides is 2. The van der Waals surface area contributed by atoms with Gasteiger partial charge in [0.2, 0.25) is 11.9 Å². The molecule has 1 aromatic carbocycles. The summed E-state index contributed by atoms with van der Waals surface area (Å²) in [5.41, 5.74) is 7.45. The van der Waals surface area contributed by atoms with Crippen LogP contribution in [0.4, 0.5) is 5.95 Å². The third kappa shape index (κ3) is 3.89. The van der Waals surface area contributed by atoms with E-state index < -0.39 is 5.54 Å². The molecule has 2 aromatic rings. The molecule has 1 aromatic heterocycles. The number of nitrogens with zero attached hydrogens (tertiary/aromatic N) is 4. The molecule has 0 bridgehead atoms. The number of aromatic nitrogens is 2. The third-order valence-electron chi connectivity index (χ3n) is 6.86. The van der Waals surface area contributed by atoms with Gasteiger partial charge in [-0.25, -0.2) is 9.97 Å². The highest BCUT2D eigenvalue weighted by Gasteiger charge is 2.55. The summed E-state index contributed by atoms with van der Waals surface area (Å²) in [5.74, 6) is 0.0255. The number of fused-ring (bicyclic) bond motifs is 1. The monoisotopic (exact) mass is 421 g/mol. The van der Waals surface area contributed by atoms with Crippen LogP contribution in [0.15, 0.2) is 36.4 Å². The molecule has 2 fully saturated rings. The van der Waals surface area contributed by atoms with Gasteiger partial charge in [-0.05, 0) is 44.7 Å². The first kappa shape index (κ1) is 21.3. The van der Waals surface area contributed by atoms with Crippen LogP contribution in [0.3, 0.4) is 0 Å². The average molecular weight is 422 g/mol. The summed E-state index contributed by atoms with van der Waals surface area (Å²) in [6, 6.07) is 11.7. The maximum absolute atomic E-state index is 13.7. The van der Waals surface area contributed by atoms with E-state index in [-0.39, 0.29) is 29.8 Å². The van der Waals surface area contributed by atoms with E-state index >= 15 is 0 Å². The quantitative estimate of drug-likeness (QED) is 0.801. The molecule has 7 nitrogen and oxygen atoms in total. The van der Waals surface area contributed by atoms with Crippen LogP contribution >= 0.6 is 0 Å². The maximum atomic E-state index is 13.7. The first-order valence-electron chi connectivity index (χ1n) is 11.1. The fourth-order valence-corrected chi connectivity index (χ4v) is 5.49. The number of likely N-dealkylation sites (tertiary alicyclic amines) is 2. The van der Waals surface area contributed by atoms with Gasteiger partial charge in [0, 0.05) is 19.2 Å². The smallest absolute Gasteiger partial charge is 0.273 e. The lowest BCUT2D eigenvalue weighted by molar-refractivity contribution is -0.133. The van der Waals surface area contributed by atoms with Crippen LogP contribution in [0.2, 0.25) is 0 Å². The number of carbonyl (C=O) groups is 2. The lowest BCUT2D eigenvalue weighted by Crippen LogP contribution is -2.58. The van der Waals surface area contributed by atoms with Gasteiger partial charge >= 0.3 is 0 Å². The number of hydrogen-bond donors (Lipinski definition) is 1. The van der Waals surface area contributed by atoms with Gasteiger partial charge in [-0.15, -0.1) is 0 Å². The second-order valence-corrected chi connectivity index (χ2v) is 8.99. The minimum absolute atomic E-state index is 0.0419. The number of aryl methyl sites for hydroxylation is 1. The number of nitrogen functional groups attached to an aromatic ring is 1. The summed E-state index contributed by atoms with van der Waals surface area (Å²) in [4.78, 5) is 38.9. The Morgan fingerprint density at radius 3 is 2.55 bits per heavy atom. The number of carbonyl (C=O) groups excluding carboxylic acids is 2. The minimum atomic E-state index is -0.489. The van der Waals surface area contributed by atoms with Crippen molar-refractivity contribution in [2.45, 2.75) is 70.5 Å². The van der Waals surface area contributed by atoms with Gasteiger partial charge in [0.15, 0.2) is 0 Å². The summed E-state index contributed by atoms with van der Waals surface area (Å²) < 4.78 is 0. The molecule has 2 saturated heterocycles. The molecule has 2 amide bonds. The van der Waals surface area contributed by atoms with Gasteiger partial charge in [0.25, 0.3) is 5.91 Å². The summed E-state index contributed by atoms with van der Waals surface area (Å²) in [5, 5.41) is 0. The van der Waals surface area contributed by atoms with Crippen LogP contribution in [0.25, 0.3) is 0 Å². The number of benzene rings is 1. The minimum Gasteiger partial charge on any atom is -0.368 e. The Kier molecular flexibility index (Phi) is 5.69. The Labute approximate surface area is 183 Å². The predicted octanol–water partition coefficient (Wildman–Crippen LogP) is 3.50. The molecular formula is C24H31N5O2. The number of rotatable bonds is 2. The van der Waals surface area contributed by atoms with Gasteiger partial charge < -0.3 is 15.5 Å². The Morgan fingerprint density at radius 1 is 1.13 bits per heavy atom. The largest absolute Gasteiger partial charge is 0.368 e. The Hall–Kier alpha value is -2.96. The van der Waals surface area contributed by atoms with Crippen molar-refractivity contribution in [3.8, 4) is 0 Å². The SMILES string of the molecule is CC(=O)N1[C@H]2CCCCCN(C(=O)c3cc(C)nc(N)n3)[C@@]2(C)C[C@H]1c1ccccc1. The van der Waals surface area contributed by atoms with Crippen LogP contribution in [0, 0.1) is 6.92 Å². The van der Waals surface area contributed by atoms with Crippen molar-refractivity contribution < 1.29 is 9.59 Å². The summed E-state index contributed by atoms with van der Waals surface area (Å²) in [7, 11) is 0. The first-order chi connectivity index (χ1) is 14.8. The highest BCUT2D eigenvalue weighted by Crippen LogP contribution is 2.48. The second kappa shape index (κ2) is 8.29. The number of nitrogens with two attached hydrogens (primary N) is 1. The lowest BCUT2D eigenvalue weighted by atomic mass is 9.83. The topological polar surface area (TPSA) is 92.4 Å². The number of hydrogen-bond acceptors (Lipinski definition) is 5. The first-order valence-corrected chi connectivity index (χ1v) is 11.1. The second-order valence-electron chi connectivity index (χ2n) is 8.99. The summed E-state index contributed by atoms with van der Waals surface area (Å²) in [6.45, 7) is 6.23. The molecule has 0 aliphatic carbocycles. The molecule has 2 aliphatic heterocycles. The van der Waals surface area contributed by atoms with Crippen molar-refractivity contribution in [2.75, 3.05) is 12.3 Å². The fourth-order valence-electron chi connectivity index (χ4n) is 5.49. The van der Waals surface area contributed by atoms with Crippen LogP contribution in [-0.2, 0) is 4.79 Å². The zero-order valence-electron chi connectivity index (χ0n) is 18.5. The molecule has 2 N–H and O–H groups in total. The van der Waals surface area contributed by atoms with Gasteiger partial charge in [-0.1, -0.05) is 43.2 Å². The molecule has 31 heavy (non-hydrogen) atoms.